The van der Waals surface area contributed by atoms with Crippen LogP contribution in [0, 0.1) is 11.6 Å². The van der Waals surface area contributed by atoms with Gasteiger partial charge in [0, 0.05) is 29.1 Å². The molecule has 0 aliphatic rings. The van der Waals surface area contributed by atoms with Gasteiger partial charge in [-0.3, -0.25) is 9.10 Å². The van der Waals surface area contributed by atoms with Crippen molar-refractivity contribution in [3.05, 3.63) is 64.7 Å². The van der Waals surface area contributed by atoms with E-state index in [4.69, 9.17) is 11.6 Å². The minimum Gasteiger partial charge on any atom is -0.354 e. The molecule has 2 rings (SSSR count). The Morgan fingerprint density at radius 2 is 1.93 bits per heavy atom. The van der Waals surface area contributed by atoms with Crippen molar-refractivity contribution in [1.29, 1.82) is 0 Å². The van der Waals surface area contributed by atoms with E-state index in [9.17, 15) is 22.0 Å². The molecule has 0 spiro atoms. The summed E-state index contributed by atoms with van der Waals surface area (Å²) >= 11 is 7.50. The smallest absolute Gasteiger partial charge is 0.240 e. The molecule has 152 valence electrons. The molecule has 0 aliphatic carbocycles. The van der Waals surface area contributed by atoms with Crippen molar-refractivity contribution in [3.8, 4) is 0 Å². The first-order chi connectivity index (χ1) is 13.2. The molecule has 10 heteroatoms. The number of halogens is 3. The number of amides is 1. The highest BCUT2D eigenvalue weighted by Gasteiger charge is 2.21. The lowest BCUT2D eigenvalue weighted by atomic mass is 10.2. The Labute approximate surface area is 172 Å². The number of nitrogens with zero attached hydrogens (tertiary/aromatic N) is 1. The van der Waals surface area contributed by atoms with Crippen LogP contribution in [0.3, 0.4) is 0 Å². The second-order valence-corrected chi connectivity index (χ2v) is 9.35. The summed E-state index contributed by atoms with van der Waals surface area (Å²) in [6.45, 7) is -0.192. The van der Waals surface area contributed by atoms with E-state index in [2.05, 4.69) is 5.32 Å². The van der Waals surface area contributed by atoms with Crippen molar-refractivity contribution in [3.63, 3.8) is 0 Å². The topological polar surface area (TPSA) is 66.5 Å². The summed E-state index contributed by atoms with van der Waals surface area (Å²) in [5.74, 6) is -1.50. The van der Waals surface area contributed by atoms with Gasteiger partial charge in [0.25, 0.3) is 0 Å². The predicted octanol–water partition coefficient (Wildman–Crippen LogP) is 3.43. The zero-order valence-corrected chi connectivity index (χ0v) is 17.4. The average molecular weight is 449 g/mol. The quantitative estimate of drug-likeness (QED) is 0.597. The van der Waals surface area contributed by atoms with Gasteiger partial charge in [0.15, 0.2) is 11.6 Å². The van der Waals surface area contributed by atoms with E-state index in [1.54, 1.807) is 17.8 Å². The van der Waals surface area contributed by atoms with Gasteiger partial charge in [-0.2, -0.15) is 11.8 Å². The number of rotatable bonds is 9. The van der Waals surface area contributed by atoms with Crippen molar-refractivity contribution in [2.45, 2.75) is 5.75 Å². The minimum absolute atomic E-state index is 0.119. The van der Waals surface area contributed by atoms with E-state index < -0.39 is 34.1 Å². The fourth-order valence-electron chi connectivity index (χ4n) is 2.31. The number of sulfonamides is 1. The fraction of sp³-hybridized carbons (Fsp3) is 0.278. The molecule has 0 aliphatic heterocycles. The maximum Gasteiger partial charge on any atom is 0.240 e. The number of hydrogen-bond acceptors (Lipinski definition) is 4. The molecule has 0 radical (unpaired) electrons. The van der Waals surface area contributed by atoms with E-state index in [-0.39, 0.29) is 5.69 Å². The Hall–Kier alpha value is -1.84. The molecule has 2 aromatic rings. The monoisotopic (exact) mass is 448 g/mol. The molecule has 0 saturated carbocycles. The van der Waals surface area contributed by atoms with Gasteiger partial charge in [-0.15, -0.1) is 0 Å². The van der Waals surface area contributed by atoms with Gasteiger partial charge in [0.2, 0.25) is 15.9 Å². The Bertz CT molecular complexity index is 942. The van der Waals surface area contributed by atoms with Crippen LogP contribution in [0.2, 0.25) is 5.02 Å². The Balaban J connectivity index is 1.85. The fourth-order valence-corrected chi connectivity index (χ4v) is 4.17. The SMILES string of the molecule is CS(=O)(=O)N(CC(=O)NCCSCc1cccc(Cl)c1)c1ccc(F)c(F)c1. The Morgan fingerprint density at radius 3 is 2.57 bits per heavy atom. The number of carbonyl (C=O) groups is 1. The zero-order chi connectivity index (χ0) is 20.7. The Kier molecular flexibility index (Phi) is 8.09. The number of nitrogens with one attached hydrogen (secondary N) is 1. The van der Waals surface area contributed by atoms with Crippen molar-refractivity contribution in [1.82, 2.24) is 5.32 Å². The van der Waals surface area contributed by atoms with E-state index in [1.165, 1.54) is 0 Å². The number of thioether (sulfide) groups is 1. The van der Waals surface area contributed by atoms with Crippen molar-refractivity contribution in [2.24, 2.45) is 0 Å². The van der Waals surface area contributed by atoms with Crippen molar-refractivity contribution < 1.29 is 22.0 Å². The van der Waals surface area contributed by atoms with Gasteiger partial charge in [0.05, 0.1) is 11.9 Å². The summed E-state index contributed by atoms with van der Waals surface area (Å²) in [6.07, 6.45) is 0.891. The molecule has 2 aromatic carbocycles. The molecule has 0 fully saturated rings. The molecule has 0 saturated heterocycles. The highest BCUT2D eigenvalue weighted by Crippen LogP contribution is 2.20. The lowest BCUT2D eigenvalue weighted by molar-refractivity contribution is -0.119. The largest absolute Gasteiger partial charge is 0.354 e. The summed E-state index contributed by atoms with van der Waals surface area (Å²) in [6, 6.07) is 10.1. The van der Waals surface area contributed by atoms with Crippen LogP contribution in [0.1, 0.15) is 5.56 Å². The van der Waals surface area contributed by atoms with Crippen LogP contribution in [-0.2, 0) is 20.6 Å². The van der Waals surface area contributed by atoms with E-state index in [0.717, 1.165) is 40.1 Å². The van der Waals surface area contributed by atoms with Gasteiger partial charge < -0.3 is 5.32 Å². The third kappa shape index (κ3) is 6.96. The first-order valence-electron chi connectivity index (χ1n) is 8.18. The molecule has 0 bridgehead atoms. The molecule has 28 heavy (non-hydrogen) atoms. The maximum atomic E-state index is 13.4. The molecule has 5 nitrogen and oxygen atoms in total. The molecular formula is C18H19ClF2N2O3S2. The van der Waals surface area contributed by atoms with Crippen LogP contribution >= 0.6 is 23.4 Å². The molecule has 0 aromatic heterocycles. The van der Waals surface area contributed by atoms with Crippen molar-refractivity contribution >= 4 is 45.0 Å². The molecule has 0 heterocycles. The van der Waals surface area contributed by atoms with Gasteiger partial charge in [-0.1, -0.05) is 23.7 Å². The van der Waals surface area contributed by atoms with Gasteiger partial charge in [-0.05, 0) is 29.8 Å². The van der Waals surface area contributed by atoms with E-state index in [0.29, 0.717) is 17.3 Å². The number of benzene rings is 2. The van der Waals surface area contributed by atoms with E-state index in [1.807, 2.05) is 18.2 Å². The molecule has 1 N–H and O–H groups in total. The maximum absolute atomic E-state index is 13.4. The summed E-state index contributed by atoms with van der Waals surface area (Å²) in [7, 11) is -3.85. The van der Waals surface area contributed by atoms with Gasteiger partial charge >= 0.3 is 0 Å². The third-order valence-electron chi connectivity index (χ3n) is 3.61. The summed E-state index contributed by atoms with van der Waals surface area (Å²) in [5.41, 5.74) is 0.942. The zero-order valence-electron chi connectivity index (χ0n) is 15.0. The highest BCUT2D eigenvalue weighted by atomic mass is 35.5. The molecule has 1 amide bonds. The first-order valence-corrected chi connectivity index (χ1v) is 11.6. The number of hydrogen-bond donors (Lipinski definition) is 1. The molecular weight excluding hydrogens is 430 g/mol. The van der Waals surface area contributed by atoms with Crippen molar-refractivity contribution in [2.75, 3.05) is 29.4 Å². The normalized spacial score (nSPS) is 11.3. The second-order valence-electron chi connectivity index (χ2n) is 5.90. The average Bonchev–Trinajstić information content (AvgIpc) is 2.61. The summed E-state index contributed by atoms with van der Waals surface area (Å²) in [5, 5.41) is 3.28. The van der Waals surface area contributed by atoms with Gasteiger partial charge in [0.1, 0.15) is 6.54 Å². The van der Waals surface area contributed by atoms with Crippen LogP contribution in [0.15, 0.2) is 42.5 Å². The number of anilines is 1. The van der Waals surface area contributed by atoms with E-state index >= 15 is 0 Å². The Morgan fingerprint density at radius 1 is 1.18 bits per heavy atom. The summed E-state index contributed by atoms with van der Waals surface area (Å²) in [4.78, 5) is 12.1. The first kappa shape index (κ1) is 22.4. The van der Waals surface area contributed by atoms with Crippen LogP contribution in [0.5, 0.6) is 0 Å². The standard InChI is InChI=1S/C18H19ClF2N2O3S2/c1-28(25,26)23(15-5-6-16(20)17(21)10-15)11-18(24)22-7-8-27-12-13-3-2-4-14(19)9-13/h2-6,9-10H,7-8,11-12H2,1H3,(H,22,24). The molecule has 0 atom stereocenters. The number of carbonyl (C=O) groups excluding carboxylic acids is 1. The lowest BCUT2D eigenvalue weighted by Gasteiger charge is -2.22. The minimum atomic E-state index is -3.85. The van der Waals surface area contributed by atoms with Crippen LogP contribution < -0.4 is 9.62 Å². The third-order valence-corrected chi connectivity index (χ3v) is 6.01. The van der Waals surface area contributed by atoms with Crippen LogP contribution in [-0.4, -0.2) is 39.4 Å². The van der Waals surface area contributed by atoms with Crippen LogP contribution in [0.4, 0.5) is 14.5 Å². The molecule has 0 unspecified atom stereocenters. The lowest BCUT2D eigenvalue weighted by Crippen LogP contribution is -2.41. The summed E-state index contributed by atoms with van der Waals surface area (Å²) < 4.78 is 51.1. The second kappa shape index (κ2) is 10.1. The van der Waals surface area contributed by atoms with Gasteiger partial charge in [-0.25, -0.2) is 17.2 Å². The van der Waals surface area contributed by atoms with Crippen LogP contribution in [0.25, 0.3) is 0 Å². The predicted molar refractivity (Wildman–Crippen MR) is 109 cm³/mol. The highest BCUT2D eigenvalue weighted by molar-refractivity contribution is 7.98.